The van der Waals surface area contributed by atoms with Gasteiger partial charge in [-0.1, -0.05) is 0 Å². The molecule has 1 fully saturated rings. The highest BCUT2D eigenvalue weighted by Crippen LogP contribution is 2.23. The van der Waals surface area contributed by atoms with Crippen molar-refractivity contribution in [2.45, 2.75) is 18.6 Å². The number of aromatic nitrogens is 1. The first kappa shape index (κ1) is 12.8. The van der Waals surface area contributed by atoms with E-state index < -0.39 is 23.7 Å². The summed E-state index contributed by atoms with van der Waals surface area (Å²) in [6.07, 6.45) is 0.795. The van der Waals surface area contributed by atoms with Crippen LogP contribution in [0.5, 0.6) is 0 Å². The fourth-order valence-corrected chi connectivity index (χ4v) is 2.29. The zero-order chi connectivity index (χ0) is 13.3. The lowest BCUT2D eigenvalue weighted by molar-refractivity contribution is 0.0690. The molecule has 1 unspecified atom stereocenters. The first-order valence-electron chi connectivity index (χ1n) is 5.77. The van der Waals surface area contributed by atoms with Gasteiger partial charge in [-0.25, -0.2) is 9.18 Å². The molecule has 0 amide bonds. The summed E-state index contributed by atoms with van der Waals surface area (Å²) in [6, 6.07) is 2.13. The topological polar surface area (TPSA) is 62.5 Å². The lowest BCUT2D eigenvalue weighted by Crippen LogP contribution is -2.43. The molecular weight excluding hydrogens is 239 g/mol. The number of halogens is 1. The van der Waals surface area contributed by atoms with Crippen LogP contribution in [0.1, 0.15) is 22.8 Å². The Balaban J connectivity index is 2.37. The molecule has 2 heterocycles. The number of carboxylic acid groups (broad SMARTS) is 1. The molecule has 1 aromatic heterocycles. The Morgan fingerprint density at radius 2 is 2.28 bits per heavy atom. The third-order valence-corrected chi connectivity index (χ3v) is 3.27. The number of carbonyl (C=O) groups is 1. The van der Waals surface area contributed by atoms with Gasteiger partial charge in [0, 0.05) is 19.3 Å². The molecule has 0 radical (unpaired) electrons. The van der Waals surface area contributed by atoms with Gasteiger partial charge in [-0.3, -0.25) is 4.79 Å². The number of piperidine rings is 1. The standard InChI is InChI=1S/C12H15FN2O3/c1-14-6-4-10(9(13)7-14)15-5-2-3-8(11(15)16)12(17)18/h2-3,5,9-10H,4,6-7H2,1H3,(H,17,18)/t9-,10?/m1/s1. The molecular formula is C12H15FN2O3. The molecule has 0 aliphatic carbocycles. The maximum Gasteiger partial charge on any atom is 0.341 e. The van der Waals surface area contributed by atoms with Crippen molar-refractivity contribution in [2.75, 3.05) is 20.1 Å². The average Bonchev–Trinajstić information content (AvgIpc) is 2.30. The third-order valence-electron chi connectivity index (χ3n) is 3.27. The number of rotatable bonds is 2. The molecule has 1 aromatic rings. The Hall–Kier alpha value is -1.69. The smallest absolute Gasteiger partial charge is 0.341 e. The van der Waals surface area contributed by atoms with Crippen molar-refractivity contribution >= 4 is 5.97 Å². The van der Waals surface area contributed by atoms with Crippen molar-refractivity contribution in [1.82, 2.24) is 9.47 Å². The number of carboxylic acids is 1. The SMILES string of the molecule is CN1CCC(n2cccc(C(=O)O)c2=O)[C@H](F)C1. The fourth-order valence-electron chi connectivity index (χ4n) is 2.29. The summed E-state index contributed by atoms with van der Waals surface area (Å²) in [5, 5.41) is 8.88. The molecule has 1 N–H and O–H groups in total. The van der Waals surface area contributed by atoms with Gasteiger partial charge >= 0.3 is 5.97 Å². The van der Waals surface area contributed by atoms with Crippen LogP contribution in [-0.2, 0) is 0 Å². The molecule has 0 aromatic carbocycles. The summed E-state index contributed by atoms with van der Waals surface area (Å²) in [6.45, 7) is 0.948. The van der Waals surface area contributed by atoms with Crippen molar-refractivity contribution in [3.8, 4) is 0 Å². The molecule has 98 valence electrons. The van der Waals surface area contributed by atoms with Gasteiger partial charge in [0.1, 0.15) is 11.7 Å². The van der Waals surface area contributed by atoms with Crippen LogP contribution in [0.15, 0.2) is 23.1 Å². The van der Waals surface area contributed by atoms with E-state index in [0.29, 0.717) is 13.0 Å². The summed E-state index contributed by atoms with van der Waals surface area (Å²) < 4.78 is 15.2. The fraction of sp³-hybridized carbons (Fsp3) is 0.500. The largest absolute Gasteiger partial charge is 0.477 e. The molecule has 1 saturated heterocycles. The van der Waals surface area contributed by atoms with Crippen LogP contribution in [-0.4, -0.2) is 46.9 Å². The summed E-state index contributed by atoms with van der Waals surface area (Å²) >= 11 is 0. The first-order chi connectivity index (χ1) is 8.50. The van der Waals surface area contributed by atoms with Crippen molar-refractivity contribution in [2.24, 2.45) is 0 Å². The average molecular weight is 254 g/mol. The van der Waals surface area contributed by atoms with Gasteiger partial charge in [0.05, 0.1) is 6.04 Å². The van der Waals surface area contributed by atoms with E-state index in [0.717, 1.165) is 0 Å². The van der Waals surface area contributed by atoms with Gasteiger partial charge in [-0.05, 0) is 25.6 Å². The third kappa shape index (κ3) is 2.28. The Morgan fingerprint density at radius 3 is 2.89 bits per heavy atom. The van der Waals surface area contributed by atoms with Crippen LogP contribution in [0.25, 0.3) is 0 Å². The van der Waals surface area contributed by atoms with Crippen molar-refractivity contribution < 1.29 is 14.3 Å². The minimum absolute atomic E-state index is 0.258. The van der Waals surface area contributed by atoms with Crippen LogP contribution in [0.3, 0.4) is 0 Å². The Kier molecular flexibility index (Phi) is 3.47. The van der Waals surface area contributed by atoms with E-state index in [4.69, 9.17) is 5.11 Å². The molecule has 1 aliphatic rings. The van der Waals surface area contributed by atoms with E-state index in [2.05, 4.69) is 0 Å². The monoisotopic (exact) mass is 254 g/mol. The van der Waals surface area contributed by atoms with Crippen LogP contribution in [0.2, 0.25) is 0 Å². The zero-order valence-corrected chi connectivity index (χ0v) is 10.0. The van der Waals surface area contributed by atoms with Gasteiger partial charge in [0.2, 0.25) is 0 Å². The lowest BCUT2D eigenvalue weighted by Gasteiger charge is -2.33. The van der Waals surface area contributed by atoms with Crippen LogP contribution in [0, 0.1) is 0 Å². The maximum atomic E-state index is 13.9. The zero-order valence-electron chi connectivity index (χ0n) is 10.0. The summed E-state index contributed by atoms with van der Waals surface area (Å²) in [5.74, 6) is -1.28. The maximum absolute atomic E-state index is 13.9. The molecule has 0 spiro atoms. The number of nitrogens with zero attached hydrogens (tertiary/aromatic N) is 2. The first-order valence-corrected chi connectivity index (χ1v) is 5.77. The molecule has 6 heteroatoms. The van der Waals surface area contributed by atoms with E-state index in [1.165, 1.54) is 22.9 Å². The number of pyridine rings is 1. The lowest BCUT2D eigenvalue weighted by atomic mass is 10.0. The molecule has 5 nitrogen and oxygen atoms in total. The quantitative estimate of drug-likeness (QED) is 0.846. The van der Waals surface area contributed by atoms with Gasteiger partial charge < -0.3 is 14.6 Å². The van der Waals surface area contributed by atoms with Gasteiger partial charge in [0.25, 0.3) is 5.56 Å². The number of likely N-dealkylation sites (tertiary alicyclic amines) is 1. The molecule has 2 rings (SSSR count). The summed E-state index contributed by atoms with van der Waals surface area (Å²) in [7, 11) is 1.82. The van der Waals surface area contributed by atoms with Crippen LogP contribution in [0.4, 0.5) is 4.39 Å². The number of aromatic carboxylic acids is 1. The van der Waals surface area contributed by atoms with Gasteiger partial charge in [-0.2, -0.15) is 0 Å². The molecule has 1 aliphatic heterocycles. The number of hydrogen-bond acceptors (Lipinski definition) is 3. The minimum Gasteiger partial charge on any atom is -0.477 e. The molecule has 18 heavy (non-hydrogen) atoms. The van der Waals surface area contributed by atoms with Crippen molar-refractivity contribution in [3.63, 3.8) is 0 Å². The summed E-state index contributed by atoms with van der Waals surface area (Å²) in [4.78, 5) is 24.7. The second-order valence-electron chi connectivity index (χ2n) is 4.57. The molecule has 0 saturated carbocycles. The normalized spacial score (nSPS) is 25.0. The van der Waals surface area contributed by atoms with Gasteiger partial charge in [-0.15, -0.1) is 0 Å². The molecule has 2 atom stereocenters. The Labute approximate surface area is 103 Å². The molecule has 0 bridgehead atoms. The Bertz CT molecular complexity index is 514. The van der Waals surface area contributed by atoms with E-state index in [1.54, 1.807) is 0 Å². The van der Waals surface area contributed by atoms with E-state index >= 15 is 0 Å². The van der Waals surface area contributed by atoms with Crippen LogP contribution < -0.4 is 5.56 Å². The van der Waals surface area contributed by atoms with E-state index in [1.807, 2.05) is 11.9 Å². The van der Waals surface area contributed by atoms with E-state index in [9.17, 15) is 14.0 Å². The predicted octanol–water partition coefficient (Wildman–Crippen LogP) is 0.761. The predicted molar refractivity (Wildman–Crippen MR) is 63.7 cm³/mol. The highest BCUT2D eigenvalue weighted by molar-refractivity contribution is 5.86. The number of hydrogen-bond donors (Lipinski definition) is 1. The van der Waals surface area contributed by atoms with Crippen molar-refractivity contribution in [1.29, 1.82) is 0 Å². The second kappa shape index (κ2) is 4.89. The number of alkyl halides is 1. The van der Waals surface area contributed by atoms with Crippen LogP contribution >= 0.6 is 0 Å². The Morgan fingerprint density at radius 1 is 1.56 bits per heavy atom. The second-order valence-corrected chi connectivity index (χ2v) is 4.57. The highest BCUT2D eigenvalue weighted by atomic mass is 19.1. The van der Waals surface area contributed by atoms with E-state index in [-0.39, 0.29) is 12.1 Å². The highest BCUT2D eigenvalue weighted by Gasteiger charge is 2.30. The van der Waals surface area contributed by atoms with Gasteiger partial charge in [0.15, 0.2) is 0 Å². The summed E-state index contributed by atoms with van der Waals surface area (Å²) in [5.41, 5.74) is -0.953. The van der Waals surface area contributed by atoms with Crippen molar-refractivity contribution in [3.05, 3.63) is 34.2 Å². The minimum atomic E-state index is -1.28.